The average Bonchev–Trinajstić information content (AvgIpc) is 3.54. The molecular weight excluding hydrogens is 480 g/mol. The van der Waals surface area contributed by atoms with Crippen LogP contribution in [-0.4, -0.2) is 0 Å². The zero-order valence-electron chi connectivity index (χ0n) is 25.2. The molecule has 0 aliphatic heterocycles. The Morgan fingerprint density at radius 1 is 0.775 bits per heavy atom. The normalized spacial score (nSPS) is 16.4. The van der Waals surface area contributed by atoms with Crippen LogP contribution in [0.1, 0.15) is 104 Å². The van der Waals surface area contributed by atoms with E-state index in [1.165, 1.54) is 77.9 Å². The predicted molar refractivity (Wildman–Crippen MR) is 177 cm³/mol. The highest BCUT2D eigenvalue weighted by Gasteiger charge is 2.31. The molecule has 3 aromatic rings. The number of aryl methyl sites for hydroxylation is 2. The summed E-state index contributed by atoms with van der Waals surface area (Å²) in [4.78, 5) is 0. The van der Waals surface area contributed by atoms with Crippen LogP contribution in [0.15, 0.2) is 85.5 Å². The number of hydrogen-bond acceptors (Lipinski definition) is 0. The van der Waals surface area contributed by atoms with Crippen LogP contribution in [0.4, 0.5) is 0 Å². The predicted octanol–water partition coefficient (Wildman–Crippen LogP) is 11.6. The number of hydrogen-bond donors (Lipinski definition) is 0. The van der Waals surface area contributed by atoms with Crippen molar-refractivity contribution >= 4 is 22.3 Å². The first-order valence-corrected chi connectivity index (χ1v) is 15.3. The van der Waals surface area contributed by atoms with Crippen LogP contribution in [0.2, 0.25) is 0 Å². The summed E-state index contributed by atoms with van der Waals surface area (Å²) in [6.45, 7) is 15.4. The summed E-state index contributed by atoms with van der Waals surface area (Å²) in [5.41, 5.74) is 19.9. The lowest BCUT2D eigenvalue weighted by atomic mass is 9.85. The summed E-state index contributed by atoms with van der Waals surface area (Å²) in [5.74, 6) is 0. The quantitative estimate of drug-likeness (QED) is 0.204. The second-order valence-electron chi connectivity index (χ2n) is 11.2. The minimum atomic E-state index is 0.941. The van der Waals surface area contributed by atoms with E-state index in [4.69, 9.17) is 0 Å². The molecule has 5 rings (SSSR count). The number of benzene rings is 3. The van der Waals surface area contributed by atoms with Gasteiger partial charge in [0.25, 0.3) is 0 Å². The van der Waals surface area contributed by atoms with E-state index in [0.717, 1.165) is 44.9 Å². The Bertz CT molecular complexity index is 1560. The summed E-state index contributed by atoms with van der Waals surface area (Å²) in [6.07, 6.45) is 19.1. The highest BCUT2D eigenvalue weighted by atomic mass is 14.3. The van der Waals surface area contributed by atoms with Gasteiger partial charge in [-0.1, -0.05) is 112 Å². The minimum Gasteiger partial charge on any atom is -0.0990 e. The molecule has 0 heteroatoms. The van der Waals surface area contributed by atoms with E-state index in [1.54, 1.807) is 0 Å². The van der Waals surface area contributed by atoms with Gasteiger partial charge in [-0.25, -0.2) is 0 Å². The fourth-order valence-electron chi connectivity index (χ4n) is 7.04. The first kappa shape index (κ1) is 27.9. The molecule has 0 aromatic heterocycles. The highest BCUT2D eigenvalue weighted by molar-refractivity contribution is 6.09. The van der Waals surface area contributed by atoms with Crippen LogP contribution < -0.4 is 0 Å². The fourth-order valence-corrected chi connectivity index (χ4v) is 7.04. The third-order valence-electron chi connectivity index (χ3n) is 8.79. The van der Waals surface area contributed by atoms with Crippen molar-refractivity contribution in [1.82, 2.24) is 0 Å². The van der Waals surface area contributed by atoms with E-state index < -0.39 is 0 Å². The van der Waals surface area contributed by atoms with Crippen LogP contribution in [0.25, 0.3) is 33.4 Å². The largest absolute Gasteiger partial charge is 0.0990 e. The Balaban J connectivity index is 1.72. The van der Waals surface area contributed by atoms with Crippen LogP contribution >= 0.6 is 0 Å². The van der Waals surface area contributed by atoms with E-state index in [-0.39, 0.29) is 0 Å². The minimum absolute atomic E-state index is 0.941. The van der Waals surface area contributed by atoms with Gasteiger partial charge in [0.05, 0.1) is 0 Å². The van der Waals surface area contributed by atoms with Crippen LogP contribution in [0.3, 0.4) is 0 Å². The molecular formula is C40H44. The van der Waals surface area contributed by atoms with Crippen molar-refractivity contribution in [2.24, 2.45) is 0 Å². The van der Waals surface area contributed by atoms with Crippen LogP contribution in [0.5, 0.6) is 0 Å². The van der Waals surface area contributed by atoms with Crippen molar-refractivity contribution in [2.45, 2.75) is 79.6 Å². The smallest absolute Gasteiger partial charge is 0.00175 e. The van der Waals surface area contributed by atoms with Crippen molar-refractivity contribution < 1.29 is 0 Å². The van der Waals surface area contributed by atoms with E-state index in [2.05, 4.69) is 114 Å². The second-order valence-corrected chi connectivity index (χ2v) is 11.2. The van der Waals surface area contributed by atoms with Crippen molar-refractivity contribution in [1.29, 1.82) is 0 Å². The van der Waals surface area contributed by atoms with Crippen molar-refractivity contribution in [3.05, 3.63) is 130 Å². The van der Waals surface area contributed by atoms with E-state index in [0.29, 0.717) is 0 Å². The highest BCUT2D eigenvalue weighted by Crippen LogP contribution is 2.52. The molecule has 0 fully saturated rings. The maximum absolute atomic E-state index is 4.16. The summed E-state index contributed by atoms with van der Waals surface area (Å²) in [7, 11) is 0. The second kappa shape index (κ2) is 12.3. The Labute approximate surface area is 242 Å². The van der Waals surface area contributed by atoms with Gasteiger partial charge >= 0.3 is 0 Å². The van der Waals surface area contributed by atoms with Gasteiger partial charge in [-0.05, 0) is 131 Å². The summed E-state index contributed by atoms with van der Waals surface area (Å²) >= 11 is 0. The van der Waals surface area contributed by atoms with Crippen LogP contribution in [0, 0.1) is 6.92 Å². The topological polar surface area (TPSA) is 0 Å². The molecule has 0 spiro atoms. The molecule has 2 aliphatic carbocycles. The monoisotopic (exact) mass is 524 g/mol. The molecule has 0 nitrogen and oxygen atoms in total. The SMILES string of the molecule is C=C/C=C1\c2c(C/C=C3/CCc4cccc(C)c43)cccc2-c2c(/C(=C/C)CCC)ccc(/C(=C/C)CCC)c21. The van der Waals surface area contributed by atoms with Gasteiger partial charge in [0.2, 0.25) is 0 Å². The molecule has 0 heterocycles. The van der Waals surface area contributed by atoms with E-state index in [1.807, 2.05) is 6.08 Å². The maximum Gasteiger partial charge on any atom is -0.00175 e. The lowest BCUT2D eigenvalue weighted by Gasteiger charge is -2.18. The molecule has 2 aliphatic rings. The van der Waals surface area contributed by atoms with Gasteiger partial charge in [0.1, 0.15) is 0 Å². The molecule has 0 saturated carbocycles. The molecule has 0 radical (unpaired) electrons. The molecule has 0 bridgehead atoms. The summed E-state index contributed by atoms with van der Waals surface area (Å²) in [5, 5.41) is 0. The van der Waals surface area contributed by atoms with Gasteiger partial charge in [0, 0.05) is 0 Å². The molecule has 0 saturated heterocycles. The van der Waals surface area contributed by atoms with E-state index >= 15 is 0 Å². The molecule has 40 heavy (non-hydrogen) atoms. The fraction of sp³-hybridized carbons (Fsp3) is 0.300. The Kier molecular flexibility index (Phi) is 8.55. The first-order chi connectivity index (χ1) is 19.6. The zero-order chi connectivity index (χ0) is 28.2. The van der Waals surface area contributed by atoms with Crippen molar-refractivity contribution in [3.8, 4) is 11.1 Å². The number of allylic oxidation sites excluding steroid dienone is 8. The molecule has 0 N–H and O–H groups in total. The molecule has 3 aromatic carbocycles. The molecule has 0 unspecified atom stereocenters. The standard InChI is InChI=1S/C40H44/c1-7-14-28(10-4)33-25-26-34(29(11-5)15-8-2)40-36-20-13-19-31(38(36)35(16-9-3)39(33)40)22-24-32-23-21-30-18-12-17-27(6)37(30)32/h9-13,16-20,24-26H,3,7-8,14-15,21-23H2,1-2,4-6H3/b28-10+,29-11+,32-24-,35-16+. The number of rotatable bonds is 9. The Morgan fingerprint density at radius 2 is 1.45 bits per heavy atom. The zero-order valence-corrected chi connectivity index (χ0v) is 25.2. The lowest BCUT2D eigenvalue weighted by molar-refractivity contribution is 0.969. The summed E-state index contributed by atoms with van der Waals surface area (Å²) < 4.78 is 0. The van der Waals surface area contributed by atoms with Gasteiger partial charge in [-0.15, -0.1) is 0 Å². The first-order valence-electron chi connectivity index (χ1n) is 15.3. The van der Waals surface area contributed by atoms with Gasteiger partial charge in [-0.2, -0.15) is 0 Å². The number of fused-ring (bicyclic) bond motifs is 4. The Morgan fingerprint density at radius 3 is 2.10 bits per heavy atom. The average molecular weight is 525 g/mol. The van der Waals surface area contributed by atoms with Crippen molar-refractivity contribution in [2.75, 3.05) is 0 Å². The van der Waals surface area contributed by atoms with Gasteiger partial charge < -0.3 is 0 Å². The lowest BCUT2D eigenvalue weighted by Crippen LogP contribution is -1.97. The molecule has 0 atom stereocenters. The molecule has 204 valence electrons. The third kappa shape index (κ3) is 4.90. The van der Waals surface area contributed by atoms with Gasteiger partial charge in [-0.3, -0.25) is 0 Å². The Hall–Kier alpha value is -3.64. The van der Waals surface area contributed by atoms with Gasteiger partial charge in [0.15, 0.2) is 0 Å². The van der Waals surface area contributed by atoms with E-state index in [9.17, 15) is 0 Å². The van der Waals surface area contributed by atoms with Crippen LogP contribution in [-0.2, 0) is 12.8 Å². The maximum atomic E-state index is 4.16. The van der Waals surface area contributed by atoms with Crippen molar-refractivity contribution in [3.63, 3.8) is 0 Å². The summed E-state index contributed by atoms with van der Waals surface area (Å²) in [6, 6.07) is 18.5. The third-order valence-corrected chi connectivity index (χ3v) is 8.79. The molecule has 0 amide bonds.